The van der Waals surface area contributed by atoms with Crippen molar-refractivity contribution in [2.45, 2.75) is 13.1 Å². The van der Waals surface area contributed by atoms with Crippen LogP contribution in [0.4, 0.5) is 0 Å². The summed E-state index contributed by atoms with van der Waals surface area (Å²) in [5.41, 5.74) is 4.09. The zero-order valence-electron chi connectivity index (χ0n) is 10.7. The summed E-state index contributed by atoms with van der Waals surface area (Å²) in [6.07, 6.45) is 3.05. The standard InChI is InChI=1S/C16H12N2O2/c19-11-17-9-13-1-5-15(6-2-13)16-7-3-14(4-8-16)10-18-12-20/h1-8H,9-10H2. The second kappa shape index (κ2) is 6.95. The molecule has 0 radical (unpaired) electrons. The topological polar surface area (TPSA) is 58.9 Å². The molecule has 0 amide bonds. The Hall–Kier alpha value is -2.80. The van der Waals surface area contributed by atoms with Gasteiger partial charge in [0.05, 0.1) is 13.1 Å². The van der Waals surface area contributed by atoms with Gasteiger partial charge < -0.3 is 0 Å². The minimum absolute atomic E-state index is 0.354. The van der Waals surface area contributed by atoms with Crippen molar-refractivity contribution in [1.29, 1.82) is 0 Å². The van der Waals surface area contributed by atoms with E-state index < -0.39 is 0 Å². The molecule has 0 aliphatic heterocycles. The Bertz CT molecular complexity index is 601. The maximum absolute atomic E-state index is 10.1. The SMILES string of the molecule is O=C=NCc1ccc(-c2ccc(CN=C=O)cc2)cc1. The van der Waals surface area contributed by atoms with Crippen LogP contribution in [-0.2, 0) is 22.7 Å². The fourth-order valence-corrected chi connectivity index (χ4v) is 1.85. The van der Waals surface area contributed by atoms with Crippen LogP contribution in [0, 0.1) is 0 Å². The van der Waals surface area contributed by atoms with Gasteiger partial charge in [0.1, 0.15) is 0 Å². The van der Waals surface area contributed by atoms with Crippen molar-refractivity contribution in [3.63, 3.8) is 0 Å². The van der Waals surface area contributed by atoms with Crippen molar-refractivity contribution in [2.75, 3.05) is 0 Å². The van der Waals surface area contributed by atoms with Gasteiger partial charge in [-0.1, -0.05) is 48.5 Å². The van der Waals surface area contributed by atoms with E-state index in [0.29, 0.717) is 13.1 Å². The number of benzene rings is 2. The summed E-state index contributed by atoms with van der Waals surface area (Å²) in [5.74, 6) is 0. The number of aliphatic imine (C=N–C) groups is 2. The fourth-order valence-electron chi connectivity index (χ4n) is 1.85. The maximum Gasteiger partial charge on any atom is 0.235 e. The Kier molecular flexibility index (Phi) is 4.74. The Morgan fingerprint density at radius 1 is 0.650 bits per heavy atom. The number of isocyanates is 2. The first-order valence-corrected chi connectivity index (χ1v) is 6.09. The molecule has 0 spiro atoms. The molecule has 0 fully saturated rings. The number of nitrogens with zero attached hydrogens (tertiary/aromatic N) is 2. The van der Waals surface area contributed by atoms with Crippen LogP contribution in [0.2, 0.25) is 0 Å². The number of carbonyl (C=O) groups excluding carboxylic acids is 2. The van der Waals surface area contributed by atoms with Gasteiger partial charge in [-0.05, 0) is 22.3 Å². The molecule has 0 aliphatic rings. The van der Waals surface area contributed by atoms with Crippen molar-refractivity contribution in [1.82, 2.24) is 0 Å². The maximum atomic E-state index is 10.1. The molecule has 4 heteroatoms. The van der Waals surface area contributed by atoms with Crippen LogP contribution in [0.5, 0.6) is 0 Å². The van der Waals surface area contributed by atoms with Gasteiger partial charge in [0.2, 0.25) is 12.2 Å². The molecule has 20 heavy (non-hydrogen) atoms. The summed E-state index contributed by atoms with van der Waals surface area (Å²) in [4.78, 5) is 27.2. The fraction of sp³-hybridized carbons (Fsp3) is 0.125. The van der Waals surface area contributed by atoms with E-state index >= 15 is 0 Å². The predicted molar refractivity (Wildman–Crippen MR) is 75.5 cm³/mol. The van der Waals surface area contributed by atoms with Gasteiger partial charge in [0.15, 0.2) is 0 Å². The number of rotatable bonds is 5. The quantitative estimate of drug-likeness (QED) is 0.615. The average molecular weight is 264 g/mol. The van der Waals surface area contributed by atoms with E-state index in [9.17, 15) is 9.59 Å². The van der Waals surface area contributed by atoms with Crippen LogP contribution < -0.4 is 0 Å². The third kappa shape index (κ3) is 3.59. The van der Waals surface area contributed by atoms with Crippen LogP contribution >= 0.6 is 0 Å². The van der Waals surface area contributed by atoms with Crippen LogP contribution in [0.1, 0.15) is 11.1 Å². The largest absolute Gasteiger partial charge is 0.235 e. The first kappa shape index (κ1) is 13.6. The first-order valence-electron chi connectivity index (χ1n) is 6.09. The van der Waals surface area contributed by atoms with Crippen LogP contribution in [0.25, 0.3) is 11.1 Å². The Balaban J connectivity index is 2.14. The molecule has 2 rings (SSSR count). The third-order valence-electron chi connectivity index (χ3n) is 2.89. The normalized spacial score (nSPS) is 9.40. The number of hydrogen-bond donors (Lipinski definition) is 0. The molecule has 4 nitrogen and oxygen atoms in total. The molecule has 0 unspecified atom stereocenters. The van der Waals surface area contributed by atoms with Crippen LogP contribution in [0.3, 0.4) is 0 Å². The Morgan fingerprint density at radius 3 is 1.30 bits per heavy atom. The molecule has 0 atom stereocenters. The molecule has 0 N–H and O–H groups in total. The van der Waals surface area contributed by atoms with Crippen molar-refractivity contribution >= 4 is 12.2 Å². The van der Waals surface area contributed by atoms with E-state index in [1.54, 1.807) is 0 Å². The van der Waals surface area contributed by atoms with E-state index in [-0.39, 0.29) is 0 Å². The van der Waals surface area contributed by atoms with Crippen LogP contribution in [0.15, 0.2) is 58.5 Å². The lowest BCUT2D eigenvalue weighted by molar-refractivity contribution is 0.562. The third-order valence-corrected chi connectivity index (χ3v) is 2.89. The summed E-state index contributed by atoms with van der Waals surface area (Å²) in [6, 6.07) is 15.6. The summed E-state index contributed by atoms with van der Waals surface area (Å²) in [7, 11) is 0. The molecule has 0 aromatic heterocycles. The molecular weight excluding hydrogens is 252 g/mol. The minimum atomic E-state index is 0.354. The number of hydrogen-bond acceptors (Lipinski definition) is 4. The minimum Gasteiger partial charge on any atom is -0.211 e. The highest BCUT2D eigenvalue weighted by Crippen LogP contribution is 2.20. The zero-order chi connectivity index (χ0) is 14.2. The highest BCUT2D eigenvalue weighted by Gasteiger charge is 1.99. The van der Waals surface area contributed by atoms with Crippen LogP contribution in [-0.4, -0.2) is 12.2 Å². The Morgan fingerprint density at radius 2 is 1.00 bits per heavy atom. The van der Waals surface area contributed by atoms with Crippen molar-refractivity contribution in [2.24, 2.45) is 9.98 Å². The highest BCUT2D eigenvalue weighted by atomic mass is 16.1. The molecule has 0 saturated heterocycles. The lowest BCUT2D eigenvalue weighted by Gasteiger charge is -2.04. The molecule has 2 aromatic rings. The van der Waals surface area contributed by atoms with Crippen molar-refractivity contribution in [3.05, 3.63) is 59.7 Å². The van der Waals surface area contributed by atoms with E-state index in [4.69, 9.17) is 0 Å². The lowest BCUT2D eigenvalue weighted by Crippen LogP contribution is -1.84. The first-order chi connectivity index (χ1) is 9.83. The van der Waals surface area contributed by atoms with E-state index in [1.165, 1.54) is 12.2 Å². The smallest absolute Gasteiger partial charge is 0.211 e. The van der Waals surface area contributed by atoms with Crippen molar-refractivity contribution in [3.8, 4) is 11.1 Å². The van der Waals surface area contributed by atoms with Gasteiger partial charge in [-0.2, -0.15) is 0 Å². The van der Waals surface area contributed by atoms with Gasteiger partial charge in [-0.15, -0.1) is 0 Å². The van der Waals surface area contributed by atoms with Gasteiger partial charge in [0.25, 0.3) is 0 Å². The molecular formula is C16H12N2O2. The van der Waals surface area contributed by atoms with Gasteiger partial charge in [-0.3, -0.25) is 0 Å². The zero-order valence-corrected chi connectivity index (χ0v) is 10.7. The summed E-state index contributed by atoms with van der Waals surface area (Å²) in [5, 5.41) is 0. The summed E-state index contributed by atoms with van der Waals surface area (Å²) in [6.45, 7) is 0.707. The van der Waals surface area contributed by atoms with E-state index in [1.807, 2.05) is 48.5 Å². The highest BCUT2D eigenvalue weighted by molar-refractivity contribution is 5.64. The van der Waals surface area contributed by atoms with Crippen molar-refractivity contribution < 1.29 is 9.59 Å². The molecule has 0 saturated carbocycles. The Labute approximate surface area is 116 Å². The molecule has 2 aromatic carbocycles. The van der Waals surface area contributed by atoms with Gasteiger partial charge in [0, 0.05) is 0 Å². The van der Waals surface area contributed by atoms with Gasteiger partial charge >= 0.3 is 0 Å². The second-order valence-electron chi connectivity index (χ2n) is 4.21. The second-order valence-corrected chi connectivity index (χ2v) is 4.21. The molecule has 98 valence electrons. The van der Waals surface area contributed by atoms with E-state index in [2.05, 4.69) is 9.98 Å². The molecule has 0 aliphatic carbocycles. The predicted octanol–water partition coefficient (Wildman–Crippen LogP) is 3.03. The lowest BCUT2D eigenvalue weighted by atomic mass is 10.0. The van der Waals surface area contributed by atoms with E-state index in [0.717, 1.165) is 22.3 Å². The summed E-state index contributed by atoms with van der Waals surface area (Å²) >= 11 is 0. The monoisotopic (exact) mass is 264 g/mol. The average Bonchev–Trinajstić information content (AvgIpc) is 2.52. The summed E-state index contributed by atoms with van der Waals surface area (Å²) < 4.78 is 0. The van der Waals surface area contributed by atoms with Gasteiger partial charge in [-0.25, -0.2) is 19.6 Å². The molecule has 0 heterocycles. The molecule has 0 bridgehead atoms.